The molecule has 0 aliphatic heterocycles. The Morgan fingerprint density at radius 3 is 2.37 bits per heavy atom. The number of fused-ring (bicyclic) bond motifs is 1. The van der Waals surface area contributed by atoms with Gasteiger partial charge in [-0.3, -0.25) is 0 Å². The van der Waals surface area contributed by atoms with Crippen LogP contribution in [-0.2, 0) is 12.1 Å². The van der Waals surface area contributed by atoms with E-state index in [9.17, 15) is 5.11 Å². The van der Waals surface area contributed by atoms with Crippen molar-refractivity contribution in [3.63, 3.8) is 0 Å². The summed E-state index contributed by atoms with van der Waals surface area (Å²) in [6.07, 6.45) is 0. The zero-order chi connectivity index (χ0) is 21.0. The van der Waals surface area contributed by atoms with Gasteiger partial charge in [0.25, 0.3) is 0 Å². The summed E-state index contributed by atoms with van der Waals surface area (Å²) in [5, 5.41) is 11.8. The first-order valence-electron chi connectivity index (χ1n) is 9.92. The van der Waals surface area contributed by atoms with E-state index in [1.54, 1.807) is 11.8 Å². The Labute approximate surface area is 181 Å². The smallest absolute Gasteiger partial charge is 0.120 e. The van der Waals surface area contributed by atoms with Crippen LogP contribution in [0.25, 0.3) is 10.8 Å². The van der Waals surface area contributed by atoms with Crippen LogP contribution >= 0.6 is 11.8 Å². The monoisotopic (exact) mass is 415 g/mol. The van der Waals surface area contributed by atoms with E-state index in [0.29, 0.717) is 6.61 Å². The second-order valence-electron chi connectivity index (χ2n) is 7.65. The third kappa shape index (κ3) is 4.85. The molecule has 0 saturated heterocycles. The molecule has 0 aliphatic rings. The summed E-state index contributed by atoms with van der Waals surface area (Å²) in [7, 11) is 0. The molecule has 0 fully saturated rings. The fraction of sp³-hybridized carbons (Fsp3) is 0.154. The van der Waals surface area contributed by atoms with Crippen molar-refractivity contribution in [2.45, 2.75) is 28.9 Å². The van der Waals surface area contributed by atoms with Crippen molar-refractivity contribution in [2.24, 2.45) is 5.73 Å². The lowest BCUT2D eigenvalue weighted by molar-refractivity contribution is 0.210. The standard InChI is InChI=1S/C26H25NO2S/c1-26(27,18-28)22-12-10-21-15-25(13-11-20(21)14-22)30-24-9-5-8-23(16-24)29-17-19-6-3-2-4-7-19/h2-16,28H,17-18,27H2,1H3. The van der Waals surface area contributed by atoms with Gasteiger partial charge in [-0.25, -0.2) is 0 Å². The number of rotatable bonds is 7. The van der Waals surface area contributed by atoms with Crippen molar-refractivity contribution in [2.75, 3.05) is 6.61 Å². The molecular weight excluding hydrogens is 390 g/mol. The Kier molecular flexibility index (Phi) is 6.09. The van der Waals surface area contributed by atoms with Crippen molar-refractivity contribution in [1.82, 2.24) is 0 Å². The van der Waals surface area contributed by atoms with E-state index in [-0.39, 0.29) is 6.61 Å². The fourth-order valence-corrected chi connectivity index (χ4v) is 4.15. The van der Waals surface area contributed by atoms with Crippen molar-refractivity contribution in [3.05, 3.63) is 102 Å². The van der Waals surface area contributed by atoms with E-state index < -0.39 is 5.54 Å². The van der Waals surface area contributed by atoms with Crippen LogP contribution in [0, 0.1) is 0 Å². The summed E-state index contributed by atoms with van der Waals surface area (Å²) >= 11 is 1.71. The molecule has 0 heterocycles. The Morgan fingerprint density at radius 2 is 1.57 bits per heavy atom. The summed E-state index contributed by atoms with van der Waals surface area (Å²) in [5.41, 5.74) is 7.52. The average Bonchev–Trinajstić information content (AvgIpc) is 2.78. The minimum atomic E-state index is -0.734. The highest BCUT2D eigenvalue weighted by Gasteiger charge is 2.19. The van der Waals surface area contributed by atoms with E-state index in [1.165, 1.54) is 0 Å². The molecule has 0 bridgehead atoms. The van der Waals surface area contributed by atoms with Gasteiger partial charge in [-0.05, 0) is 65.2 Å². The zero-order valence-electron chi connectivity index (χ0n) is 16.9. The first-order chi connectivity index (χ1) is 14.5. The molecule has 0 saturated carbocycles. The second kappa shape index (κ2) is 8.92. The van der Waals surface area contributed by atoms with Gasteiger partial charge in [-0.1, -0.05) is 66.4 Å². The Bertz CT molecular complexity index is 1140. The van der Waals surface area contributed by atoms with Crippen LogP contribution in [0.5, 0.6) is 5.75 Å². The minimum Gasteiger partial charge on any atom is -0.489 e. The number of aliphatic hydroxyl groups is 1. The first kappa shape index (κ1) is 20.5. The summed E-state index contributed by atoms with van der Waals surface area (Å²) < 4.78 is 5.95. The summed E-state index contributed by atoms with van der Waals surface area (Å²) in [6.45, 7) is 2.31. The van der Waals surface area contributed by atoms with Crippen LogP contribution < -0.4 is 10.5 Å². The van der Waals surface area contributed by atoms with Crippen molar-refractivity contribution >= 4 is 22.5 Å². The third-order valence-corrected chi connectivity index (χ3v) is 6.07. The molecule has 0 spiro atoms. The Balaban J connectivity index is 1.49. The van der Waals surface area contributed by atoms with Gasteiger partial charge in [0.05, 0.1) is 12.1 Å². The molecule has 0 radical (unpaired) electrons. The van der Waals surface area contributed by atoms with Gasteiger partial charge in [0, 0.05) is 9.79 Å². The third-order valence-electron chi connectivity index (χ3n) is 5.09. The summed E-state index contributed by atoms with van der Waals surface area (Å²) in [6, 6.07) is 30.8. The predicted octanol–water partition coefficient (Wildman–Crippen LogP) is 5.74. The van der Waals surface area contributed by atoms with Gasteiger partial charge >= 0.3 is 0 Å². The SMILES string of the molecule is CC(N)(CO)c1ccc2cc(Sc3cccc(OCc4ccccc4)c3)ccc2c1. The van der Waals surface area contributed by atoms with E-state index >= 15 is 0 Å². The molecule has 3 N–H and O–H groups in total. The van der Waals surface area contributed by atoms with Gasteiger partial charge in [-0.15, -0.1) is 0 Å². The van der Waals surface area contributed by atoms with Crippen molar-refractivity contribution in [1.29, 1.82) is 0 Å². The number of ether oxygens (including phenoxy) is 1. The molecule has 3 nitrogen and oxygen atoms in total. The molecule has 4 heteroatoms. The number of hydrogen-bond donors (Lipinski definition) is 2. The number of hydrogen-bond acceptors (Lipinski definition) is 4. The van der Waals surface area contributed by atoms with Crippen LogP contribution in [0.3, 0.4) is 0 Å². The predicted molar refractivity (Wildman–Crippen MR) is 124 cm³/mol. The average molecular weight is 416 g/mol. The molecule has 4 aromatic carbocycles. The maximum atomic E-state index is 9.51. The minimum absolute atomic E-state index is 0.0882. The highest BCUT2D eigenvalue weighted by atomic mass is 32.2. The highest BCUT2D eigenvalue weighted by Crippen LogP contribution is 2.33. The van der Waals surface area contributed by atoms with Gasteiger partial charge in [0.1, 0.15) is 12.4 Å². The number of nitrogens with two attached hydrogens (primary N) is 1. The van der Waals surface area contributed by atoms with Crippen LogP contribution in [0.1, 0.15) is 18.1 Å². The molecular formula is C26H25NO2S. The fourth-order valence-electron chi connectivity index (χ4n) is 3.24. The quantitative estimate of drug-likeness (QED) is 0.404. The van der Waals surface area contributed by atoms with Gasteiger partial charge in [0.2, 0.25) is 0 Å². The van der Waals surface area contributed by atoms with Gasteiger partial charge in [0.15, 0.2) is 0 Å². The molecule has 152 valence electrons. The van der Waals surface area contributed by atoms with E-state index in [0.717, 1.165) is 37.4 Å². The molecule has 4 rings (SSSR count). The number of aliphatic hydroxyl groups excluding tert-OH is 1. The van der Waals surface area contributed by atoms with Crippen LogP contribution in [0.4, 0.5) is 0 Å². The van der Waals surface area contributed by atoms with Crippen molar-refractivity contribution < 1.29 is 9.84 Å². The normalized spacial score (nSPS) is 13.2. The van der Waals surface area contributed by atoms with Crippen molar-refractivity contribution in [3.8, 4) is 5.75 Å². The largest absolute Gasteiger partial charge is 0.489 e. The zero-order valence-corrected chi connectivity index (χ0v) is 17.7. The lowest BCUT2D eigenvalue weighted by Crippen LogP contribution is -2.36. The second-order valence-corrected chi connectivity index (χ2v) is 8.80. The Hall–Kier alpha value is -2.79. The van der Waals surface area contributed by atoms with Gasteiger partial charge < -0.3 is 15.6 Å². The van der Waals surface area contributed by atoms with Crippen LogP contribution in [0.15, 0.2) is 101 Å². The van der Waals surface area contributed by atoms with Gasteiger partial charge in [-0.2, -0.15) is 0 Å². The highest BCUT2D eigenvalue weighted by molar-refractivity contribution is 7.99. The van der Waals surface area contributed by atoms with Crippen LogP contribution in [0.2, 0.25) is 0 Å². The maximum Gasteiger partial charge on any atom is 0.120 e. The lowest BCUT2D eigenvalue weighted by Gasteiger charge is -2.22. The molecule has 0 aromatic heterocycles. The first-order valence-corrected chi connectivity index (χ1v) is 10.7. The Morgan fingerprint density at radius 1 is 0.833 bits per heavy atom. The van der Waals surface area contributed by atoms with E-state index in [4.69, 9.17) is 10.5 Å². The van der Waals surface area contributed by atoms with E-state index in [1.807, 2.05) is 43.3 Å². The molecule has 0 aliphatic carbocycles. The molecule has 1 atom stereocenters. The summed E-state index contributed by atoms with van der Waals surface area (Å²) in [4.78, 5) is 2.29. The summed E-state index contributed by atoms with van der Waals surface area (Å²) in [5.74, 6) is 0.862. The molecule has 4 aromatic rings. The lowest BCUT2D eigenvalue weighted by atomic mass is 9.92. The molecule has 0 amide bonds. The topological polar surface area (TPSA) is 55.5 Å². The number of benzene rings is 4. The van der Waals surface area contributed by atoms with E-state index in [2.05, 4.69) is 54.6 Å². The molecule has 1 unspecified atom stereocenters. The molecule has 30 heavy (non-hydrogen) atoms. The maximum absolute atomic E-state index is 9.51. The van der Waals surface area contributed by atoms with Crippen LogP contribution in [-0.4, -0.2) is 11.7 Å².